The molecular weight excluding hydrogens is 288 g/mol. The molecule has 20 heavy (non-hydrogen) atoms. The summed E-state index contributed by atoms with van der Waals surface area (Å²) in [6, 6.07) is 16.0. The lowest BCUT2D eigenvalue weighted by molar-refractivity contribution is 0.837. The number of rotatable bonds is 3. The van der Waals surface area contributed by atoms with Gasteiger partial charge >= 0.3 is 0 Å². The fourth-order valence-corrected chi connectivity index (χ4v) is 2.65. The highest BCUT2D eigenvalue weighted by Gasteiger charge is 2.05. The van der Waals surface area contributed by atoms with Crippen molar-refractivity contribution in [1.29, 1.82) is 0 Å². The van der Waals surface area contributed by atoms with Crippen LogP contribution in [0.4, 0.5) is 0 Å². The quantitative estimate of drug-likeness (QED) is 0.742. The maximum Gasteiger partial charge on any atom is 0.104 e. The maximum atomic E-state index is 6.03. The number of aromatic nitrogens is 1. The molecule has 2 N–H and O–H groups in total. The monoisotopic (exact) mass is 300 g/mol. The molecule has 0 atom stereocenters. The third-order valence-corrected chi connectivity index (χ3v) is 3.77. The molecule has 0 saturated carbocycles. The van der Waals surface area contributed by atoms with Crippen LogP contribution >= 0.6 is 23.8 Å². The molecule has 3 rings (SSSR count). The molecule has 0 amide bonds. The standard InChI is InChI=1S/C16H13ClN2S/c17-14-3-1-2-11(8-14)10-19-7-6-12-4-5-13(16(18)20)9-15(12)19/h1-9H,10H2,(H2,18,20). The minimum atomic E-state index is 0.419. The summed E-state index contributed by atoms with van der Waals surface area (Å²) in [6.07, 6.45) is 2.06. The van der Waals surface area contributed by atoms with Crippen LogP contribution < -0.4 is 5.73 Å². The normalized spacial score (nSPS) is 10.8. The predicted octanol–water partition coefficient (Wildman–Crippen LogP) is 3.98. The Balaban J connectivity index is 2.03. The third kappa shape index (κ3) is 2.55. The molecule has 0 saturated heterocycles. The molecule has 2 aromatic carbocycles. The second kappa shape index (κ2) is 5.27. The van der Waals surface area contributed by atoms with E-state index in [1.165, 1.54) is 5.39 Å². The van der Waals surface area contributed by atoms with Crippen molar-refractivity contribution in [3.8, 4) is 0 Å². The Kier molecular flexibility index (Phi) is 3.47. The molecule has 4 heteroatoms. The van der Waals surface area contributed by atoms with E-state index in [1.54, 1.807) is 0 Å². The van der Waals surface area contributed by atoms with E-state index >= 15 is 0 Å². The van der Waals surface area contributed by atoms with Crippen molar-refractivity contribution in [3.05, 3.63) is 70.9 Å². The molecule has 0 bridgehead atoms. The predicted molar refractivity (Wildman–Crippen MR) is 88.4 cm³/mol. The van der Waals surface area contributed by atoms with Crippen molar-refractivity contribution in [1.82, 2.24) is 4.57 Å². The summed E-state index contributed by atoms with van der Waals surface area (Å²) in [4.78, 5) is 0.419. The van der Waals surface area contributed by atoms with E-state index in [4.69, 9.17) is 29.6 Å². The van der Waals surface area contributed by atoms with Crippen LogP contribution in [0.3, 0.4) is 0 Å². The van der Waals surface area contributed by atoms with Gasteiger partial charge in [-0.3, -0.25) is 0 Å². The van der Waals surface area contributed by atoms with Gasteiger partial charge in [0.25, 0.3) is 0 Å². The van der Waals surface area contributed by atoms with Crippen molar-refractivity contribution in [2.75, 3.05) is 0 Å². The lowest BCUT2D eigenvalue weighted by Gasteiger charge is -2.07. The zero-order valence-electron chi connectivity index (χ0n) is 10.7. The van der Waals surface area contributed by atoms with Gasteiger partial charge in [-0.2, -0.15) is 0 Å². The van der Waals surface area contributed by atoms with Crippen molar-refractivity contribution >= 4 is 39.7 Å². The van der Waals surface area contributed by atoms with Crippen LogP contribution in [0.15, 0.2) is 54.7 Å². The van der Waals surface area contributed by atoms with Crippen molar-refractivity contribution in [3.63, 3.8) is 0 Å². The average molecular weight is 301 g/mol. The fourth-order valence-electron chi connectivity index (χ4n) is 2.31. The molecule has 3 aromatic rings. The second-order valence-electron chi connectivity index (χ2n) is 4.71. The lowest BCUT2D eigenvalue weighted by Crippen LogP contribution is -2.09. The Morgan fingerprint density at radius 1 is 1.15 bits per heavy atom. The van der Waals surface area contributed by atoms with Gasteiger partial charge in [-0.15, -0.1) is 0 Å². The van der Waals surface area contributed by atoms with Gasteiger partial charge in [0.15, 0.2) is 0 Å². The van der Waals surface area contributed by atoms with E-state index in [0.29, 0.717) is 4.99 Å². The fraction of sp³-hybridized carbons (Fsp3) is 0.0625. The average Bonchev–Trinajstić information content (AvgIpc) is 2.81. The molecule has 1 heterocycles. The zero-order valence-corrected chi connectivity index (χ0v) is 12.3. The molecule has 0 unspecified atom stereocenters. The summed E-state index contributed by atoms with van der Waals surface area (Å²) in [5.74, 6) is 0. The smallest absolute Gasteiger partial charge is 0.104 e. The minimum Gasteiger partial charge on any atom is -0.389 e. The van der Waals surface area contributed by atoms with Gasteiger partial charge in [0.1, 0.15) is 4.99 Å². The summed E-state index contributed by atoms with van der Waals surface area (Å²) in [5.41, 5.74) is 8.87. The van der Waals surface area contributed by atoms with E-state index < -0.39 is 0 Å². The molecule has 0 radical (unpaired) electrons. The van der Waals surface area contributed by atoms with Gasteiger partial charge in [-0.25, -0.2) is 0 Å². The van der Waals surface area contributed by atoms with E-state index in [0.717, 1.165) is 28.2 Å². The molecular formula is C16H13ClN2S. The first-order valence-corrected chi connectivity index (χ1v) is 7.05. The Morgan fingerprint density at radius 3 is 2.75 bits per heavy atom. The molecule has 0 fully saturated rings. The minimum absolute atomic E-state index is 0.419. The second-order valence-corrected chi connectivity index (χ2v) is 5.59. The van der Waals surface area contributed by atoms with Crippen molar-refractivity contribution < 1.29 is 0 Å². The molecule has 0 spiro atoms. The summed E-state index contributed by atoms with van der Waals surface area (Å²) >= 11 is 11.1. The van der Waals surface area contributed by atoms with E-state index in [2.05, 4.69) is 22.9 Å². The van der Waals surface area contributed by atoms with Crippen molar-refractivity contribution in [2.45, 2.75) is 6.54 Å². The number of benzene rings is 2. The van der Waals surface area contributed by atoms with Gasteiger partial charge < -0.3 is 10.3 Å². The SMILES string of the molecule is NC(=S)c1ccc2ccn(Cc3cccc(Cl)c3)c2c1. The number of nitrogens with two attached hydrogens (primary N) is 1. The summed E-state index contributed by atoms with van der Waals surface area (Å²) in [5, 5.41) is 1.93. The number of hydrogen-bond acceptors (Lipinski definition) is 1. The van der Waals surface area contributed by atoms with Gasteiger partial charge in [-0.1, -0.05) is 48.1 Å². The van der Waals surface area contributed by atoms with E-state index in [1.807, 2.05) is 36.4 Å². The van der Waals surface area contributed by atoms with Crippen molar-refractivity contribution in [2.24, 2.45) is 5.73 Å². The first kappa shape index (κ1) is 13.2. The molecule has 0 aliphatic heterocycles. The van der Waals surface area contributed by atoms with E-state index in [9.17, 15) is 0 Å². The van der Waals surface area contributed by atoms with Gasteiger partial charge in [0.2, 0.25) is 0 Å². The Morgan fingerprint density at radius 2 is 2.00 bits per heavy atom. The van der Waals surface area contributed by atoms with Gasteiger partial charge in [0, 0.05) is 28.8 Å². The van der Waals surface area contributed by atoms with Crippen LogP contribution in [0.5, 0.6) is 0 Å². The lowest BCUT2D eigenvalue weighted by atomic mass is 10.1. The number of nitrogens with zero attached hydrogens (tertiary/aromatic N) is 1. The summed E-state index contributed by atoms with van der Waals surface area (Å²) < 4.78 is 2.17. The van der Waals surface area contributed by atoms with Crippen LogP contribution in [0.25, 0.3) is 10.9 Å². The number of hydrogen-bond donors (Lipinski definition) is 1. The Labute approximate surface area is 127 Å². The van der Waals surface area contributed by atoms with Crippen LogP contribution in [0.2, 0.25) is 5.02 Å². The highest BCUT2D eigenvalue weighted by molar-refractivity contribution is 7.80. The van der Waals surface area contributed by atoms with E-state index in [-0.39, 0.29) is 0 Å². The number of fused-ring (bicyclic) bond motifs is 1. The van der Waals surface area contributed by atoms with Crippen LogP contribution in [0, 0.1) is 0 Å². The highest BCUT2D eigenvalue weighted by Crippen LogP contribution is 2.20. The Hall–Kier alpha value is -1.84. The van der Waals surface area contributed by atoms with Crippen LogP contribution in [-0.2, 0) is 6.54 Å². The molecule has 0 aliphatic rings. The summed E-state index contributed by atoms with van der Waals surface area (Å²) in [6.45, 7) is 0.769. The molecule has 0 aliphatic carbocycles. The number of halogens is 1. The maximum absolute atomic E-state index is 6.03. The summed E-state index contributed by atoms with van der Waals surface area (Å²) in [7, 11) is 0. The first-order valence-electron chi connectivity index (χ1n) is 6.26. The van der Waals surface area contributed by atoms with Gasteiger partial charge in [-0.05, 0) is 35.2 Å². The molecule has 1 aromatic heterocycles. The third-order valence-electron chi connectivity index (χ3n) is 3.30. The Bertz CT molecular complexity index is 792. The van der Waals surface area contributed by atoms with Crippen LogP contribution in [0.1, 0.15) is 11.1 Å². The highest BCUT2D eigenvalue weighted by atomic mass is 35.5. The number of thiocarbonyl (C=S) groups is 1. The largest absolute Gasteiger partial charge is 0.389 e. The zero-order chi connectivity index (χ0) is 14.1. The topological polar surface area (TPSA) is 30.9 Å². The molecule has 100 valence electrons. The first-order chi connectivity index (χ1) is 9.63. The molecule has 2 nitrogen and oxygen atoms in total. The van der Waals surface area contributed by atoms with Gasteiger partial charge in [0.05, 0.1) is 0 Å². The van der Waals surface area contributed by atoms with Crippen LogP contribution in [-0.4, -0.2) is 9.56 Å².